The number of nitrogens with one attached hydrogen (secondary N) is 1. The number of hydrogen-bond acceptors (Lipinski definition) is 6. The van der Waals surface area contributed by atoms with E-state index in [0.717, 1.165) is 5.56 Å². The first-order chi connectivity index (χ1) is 10.3. The molecule has 2 unspecified atom stereocenters. The highest BCUT2D eigenvalue weighted by molar-refractivity contribution is 5.27. The summed E-state index contributed by atoms with van der Waals surface area (Å²) in [5.74, 6) is 6.18. The molecule has 1 heterocycles. The molecule has 1 aromatic heterocycles. The molecule has 21 heavy (non-hydrogen) atoms. The van der Waals surface area contributed by atoms with Gasteiger partial charge in [0.15, 0.2) is 0 Å². The van der Waals surface area contributed by atoms with E-state index in [1.165, 1.54) is 0 Å². The molecule has 0 saturated carbocycles. The summed E-state index contributed by atoms with van der Waals surface area (Å²) < 4.78 is 11.1. The lowest BCUT2D eigenvalue weighted by atomic mass is 10.00. The topological polar surface area (TPSA) is 82.3 Å². The molecule has 6 nitrogen and oxygen atoms in total. The van der Waals surface area contributed by atoms with Crippen LogP contribution in [-0.2, 0) is 4.74 Å². The van der Waals surface area contributed by atoms with Crippen LogP contribution in [0.5, 0.6) is 5.88 Å². The van der Waals surface area contributed by atoms with Crippen molar-refractivity contribution in [1.29, 1.82) is 0 Å². The van der Waals surface area contributed by atoms with Crippen molar-refractivity contribution in [2.24, 2.45) is 5.84 Å². The Bertz CT molecular complexity index is 550. The Kier molecular flexibility index (Phi) is 5.62. The molecule has 0 aliphatic rings. The van der Waals surface area contributed by atoms with Crippen LogP contribution in [0.15, 0.2) is 42.7 Å². The number of benzene rings is 1. The highest BCUT2D eigenvalue weighted by Crippen LogP contribution is 2.33. The molecular weight excluding hydrogens is 268 g/mol. The van der Waals surface area contributed by atoms with Crippen molar-refractivity contribution in [3.63, 3.8) is 0 Å². The van der Waals surface area contributed by atoms with E-state index < -0.39 is 0 Å². The van der Waals surface area contributed by atoms with Gasteiger partial charge in [-0.15, -0.1) is 0 Å². The van der Waals surface area contributed by atoms with Crippen molar-refractivity contribution in [2.75, 3.05) is 13.7 Å². The molecule has 0 amide bonds. The van der Waals surface area contributed by atoms with Crippen LogP contribution in [0.3, 0.4) is 0 Å². The van der Waals surface area contributed by atoms with Gasteiger partial charge < -0.3 is 9.47 Å². The average molecular weight is 288 g/mol. The molecule has 0 saturated heterocycles. The zero-order chi connectivity index (χ0) is 15.1. The summed E-state index contributed by atoms with van der Waals surface area (Å²) in [6.45, 7) is 2.50. The monoisotopic (exact) mass is 288 g/mol. The van der Waals surface area contributed by atoms with Gasteiger partial charge in [0.25, 0.3) is 0 Å². The van der Waals surface area contributed by atoms with Gasteiger partial charge in [-0.2, -0.15) is 0 Å². The lowest BCUT2D eigenvalue weighted by Gasteiger charge is -2.27. The van der Waals surface area contributed by atoms with Crippen LogP contribution in [-0.4, -0.2) is 23.7 Å². The van der Waals surface area contributed by atoms with Gasteiger partial charge in [-0.25, -0.2) is 10.4 Å². The van der Waals surface area contributed by atoms with E-state index in [1.54, 1.807) is 19.5 Å². The molecule has 0 radical (unpaired) electrons. The van der Waals surface area contributed by atoms with Crippen molar-refractivity contribution < 1.29 is 9.47 Å². The summed E-state index contributed by atoms with van der Waals surface area (Å²) in [6.07, 6.45) is 2.90. The largest absolute Gasteiger partial charge is 0.480 e. The maximum Gasteiger partial charge on any atom is 0.237 e. The van der Waals surface area contributed by atoms with E-state index >= 15 is 0 Å². The minimum absolute atomic E-state index is 0.285. The number of methoxy groups -OCH3 is 1. The second-order valence-electron chi connectivity index (χ2n) is 4.38. The van der Waals surface area contributed by atoms with Crippen molar-refractivity contribution in [3.8, 4) is 5.88 Å². The Morgan fingerprint density at radius 2 is 1.90 bits per heavy atom. The standard InChI is InChI=1S/C15H20N4O2/c1-3-21-14(11-7-5-4-6-8-11)12(19-16)13-15(20-2)18-10-9-17-13/h4-10,12,14,19H,3,16H2,1-2H3. The highest BCUT2D eigenvalue weighted by atomic mass is 16.5. The predicted octanol–water partition coefficient (Wildman–Crippen LogP) is 1.77. The Morgan fingerprint density at radius 3 is 2.52 bits per heavy atom. The summed E-state index contributed by atoms with van der Waals surface area (Å²) in [5, 5.41) is 0. The number of nitrogens with two attached hydrogens (primary N) is 1. The first-order valence-electron chi connectivity index (χ1n) is 6.79. The van der Waals surface area contributed by atoms with Gasteiger partial charge >= 0.3 is 0 Å². The number of hydrazine groups is 1. The van der Waals surface area contributed by atoms with Gasteiger partial charge in [0, 0.05) is 19.0 Å². The molecule has 0 bridgehead atoms. The van der Waals surface area contributed by atoms with Crippen LogP contribution in [0.4, 0.5) is 0 Å². The van der Waals surface area contributed by atoms with E-state index in [0.29, 0.717) is 18.2 Å². The lowest BCUT2D eigenvalue weighted by molar-refractivity contribution is 0.0307. The summed E-state index contributed by atoms with van der Waals surface area (Å²) in [7, 11) is 1.55. The third-order valence-corrected chi connectivity index (χ3v) is 3.14. The molecule has 2 aromatic rings. The van der Waals surface area contributed by atoms with Crippen LogP contribution < -0.4 is 16.0 Å². The van der Waals surface area contributed by atoms with E-state index in [4.69, 9.17) is 15.3 Å². The maximum atomic E-state index is 5.87. The fourth-order valence-corrected chi connectivity index (χ4v) is 2.22. The second kappa shape index (κ2) is 7.68. The lowest BCUT2D eigenvalue weighted by Crippen LogP contribution is -2.34. The van der Waals surface area contributed by atoms with Gasteiger partial charge in [-0.3, -0.25) is 10.8 Å². The quantitative estimate of drug-likeness (QED) is 0.597. The zero-order valence-electron chi connectivity index (χ0n) is 12.2. The molecule has 2 rings (SSSR count). The summed E-state index contributed by atoms with van der Waals surface area (Å²) in [6, 6.07) is 9.50. The second-order valence-corrected chi connectivity index (χ2v) is 4.38. The minimum atomic E-state index is -0.365. The molecule has 0 aliphatic carbocycles. The van der Waals surface area contributed by atoms with Crippen LogP contribution >= 0.6 is 0 Å². The van der Waals surface area contributed by atoms with Gasteiger partial charge in [0.1, 0.15) is 11.8 Å². The van der Waals surface area contributed by atoms with Crippen molar-refractivity contribution in [3.05, 3.63) is 54.0 Å². The predicted molar refractivity (Wildman–Crippen MR) is 79.5 cm³/mol. The molecule has 112 valence electrons. The summed E-state index contributed by atoms with van der Waals surface area (Å²) in [4.78, 5) is 8.51. The van der Waals surface area contributed by atoms with E-state index in [1.807, 2.05) is 37.3 Å². The van der Waals surface area contributed by atoms with Crippen molar-refractivity contribution in [1.82, 2.24) is 15.4 Å². The number of aromatic nitrogens is 2. The third kappa shape index (κ3) is 3.55. The minimum Gasteiger partial charge on any atom is -0.480 e. The van der Waals surface area contributed by atoms with Gasteiger partial charge in [0.2, 0.25) is 5.88 Å². The number of hydrogen-bond donors (Lipinski definition) is 2. The molecule has 3 N–H and O–H groups in total. The molecule has 1 aromatic carbocycles. The third-order valence-electron chi connectivity index (χ3n) is 3.14. The number of nitrogens with zero attached hydrogens (tertiary/aromatic N) is 2. The maximum absolute atomic E-state index is 5.87. The SMILES string of the molecule is CCOC(c1ccccc1)C(NN)c1nccnc1OC. The fraction of sp³-hybridized carbons (Fsp3) is 0.333. The van der Waals surface area contributed by atoms with Crippen LogP contribution in [0, 0.1) is 0 Å². The van der Waals surface area contributed by atoms with Crippen LogP contribution in [0.25, 0.3) is 0 Å². The fourth-order valence-electron chi connectivity index (χ4n) is 2.22. The Hall–Kier alpha value is -2.02. The molecule has 0 fully saturated rings. The number of rotatable bonds is 7. The van der Waals surface area contributed by atoms with E-state index in [-0.39, 0.29) is 12.1 Å². The number of ether oxygens (including phenoxy) is 2. The van der Waals surface area contributed by atoms with E-state index in [9.17, 15) is 0 Å². The smallest absolute Gasteiger partial charge is 0.237 e. The Balaban J connectivity index is 2.40. The Morgan fingerprint density at radius 1 is 1.19 bits per heavy atom. The first kappa shape index (κ1) is 15.4. The van der Waals surface area contributed by atoms with Crippen LogP contribution in [0.1, 0.15) is 30.3 Å². The van der Waals surface area contributed by atoms with Crippen LogP contribution in [0.2, 0.25) is 0 Å². The van der Waals surface area contributed by atoms with Gasteiger partial charge in [-0.05, 0) is 12.5 Å². The van der Waals surface area contributed by atoms with Crippen molar-refractivity contribution in [2.45, 2.75) is 19.1 Å². The van der Waals surface area contributed by atoms with Crippen molar-refractivity contribution >= 4 is 0 Å². The molecular formula is C15H20N4O2. The summed E-state index contributed by atoms with van der Waals surface area (Å²) in [5.41, 5.74) is 4.39. The molecule has 0 aliphatic heterocycles. The molecule has 6 heteroatoms. The zero-order valence-corrected chi connectivity index (χ0v) is 12.2. The van der Waals surface area contributed by atoms with E-state index in [2.05, 4.69) is 15.4 Å². The first-order valence-corrected chi connectivity index (χ1v) is 6.79. The highest BCUT2D eigenvalue weighted by Gasteiger charge is 2.28. The normalized spacial score (nSPS) is 13.7. The molecule has 2 atom stereocenters. The van der Waals surface area contributed by atoms with Gasteiger partial charge in [0.05, 0.1) is 13.2 Å². The summed E-state index contributed by atoms with van der Waals surface area (Å²) >= 11 is 0. The average Bonchev–Trinajstić information content (AvgIpc) is 2.56. The Labute approximate surface area is 124 Å². The molecule has 0 spiro atoms. The van der Waals surface area contributed by atoms with Gasteiger partial charge in [-0.1, -0.05) is 30.3 Å².